The number of carbonyl (C=O) groups excluding carboxylic acids is 2. The van der Waals surface area contributed by atoms with Crippen molar-refractivity contribution in [3.8, 4) is 33.8 Å². The van der Waals surface area contributed by atoms with Gasteiger partial charge in [0.2, 0.25) is 0 Å². The normalized spacial score (nSPS) is 14.4. The molecule has 0 saturated carbocycles. The summed E-state index contributed by atoms with van der Waals surface area (Å²) in [6, 6.07) is 43.1. The van der Waals surface area contributed by atoms with Crippen molar-refractivity contribution in [1.82, 2.24) is 0 Å². The maximum absolute atomic E-state index is 10.7. The van der Waals surface area contributed by atoms with Crippen LogP contribution in [0.5, 0.6) is 11.5 Å². The van der Waals surface area contributed by atoms with E-state index >= 15 is 0 Å². The number of hydrogen-bond acceptors (Lipinski definition) is 10. The van der Waals surface area contributed by atoms with Crippen LogP contribution in [-0.2, 0) is 53.0 Å². The average molecular weight is 916 g/mol. The van der Waals surface area contributed by atoms with Gasteiger partial charge in [0.05, 0.1) is 51.6 Å². The standard InChI is InChI=1S/2C25H23ClO5.Ca/c2*1-17-22(6-3-7-23(17)26)19-5-2-4-18(12-19)13-30-21-10-8-20(9-11-21)25(15-29-16-25)31-14-24(27)28;/h2*2-12H,13-16H2,1H3,(H,27,28);/q;;+2/p-2. The third-order valence-electron chi connectivity index (χ3n) is 10.9. The molecule has 0 amide bonds. The number of carboxylic acid groups (broad SMARTS) is 2. The molecule has 13 heteroatoms. The molecular formula is C50H44CaCl2O10. The van der Waals surface area contributed by atoms with Crippen LogP contribution in [0.4, 0.5) is 0 Å². The van der Waals surface area contributed by atoms with E-state index in [1.165, 1.54) is 0 Å². The fourth-order valence-electron chi connectivity index (χ4n) is 7.18. The molecule has 0 radical (unpaired) electrons. The first-order valence-corrected chi connectivity index (χ1v) is 20.7. The number of ether oxygens (including phenoxy) is 6. The summed E-state index contributed by atoms with van der Waals surface area (Å²) in [5.41, 5.74) is 8.80. The SMILES string of the molecule is Cc1c(Cl)cccc1-c1cccc(COc2ccc(C3(OCC(=O)[O-])COC3)cc2)c1.Cc1c(Cl)cccc1-c1cccc(COc2ccc(C3(OCC(=O)[O-])COC3)cc2)c1.[Ca+2]. The van der Waals surface area contributed by atoms with Crippen LogP contribution in [0.15, 0.2) is 133 Å². The van der Waals surface area contributed by atoms with Gasteiger partial charge in [-0.15, -0.1) is 0 Å². The number of carbonyl (C=O) groups is 2. The molecule has 6 aromatic carbocycles. The third kappa shape index (κ3) is 12.0. The van der Waals surface area contributed by atoms with Gasteiger partial charge in [0.25, 0.3) is 0 Å². The Balaban J connectivity index is 0.000000206. The Hall–Kier alpha value is -4.46. The Morgan fingerprint density at radius 1 is 0.556 bits per heavy atom. The molecule has 320 valence electrons. The van der Waals surface area contributed by atoms with Crippen molar-refractivity contribution in [2.75, 3.05) is 39.6 Å². The van der Waals surface area contributed by atoms with Crippen LogP contribution in [0.3, 0.4) is 0 Å². The molecular weight excluding hydrogens is 872 g/mol. The topological polar surface area (TPSA) is 136 Å². The summed E-state index contributed by atoms with van der Waals surface area (Å²) in [6.07, 6.45) is 0. The van der Waals surface area contributed by atoms with E-state index in [1.54, 1.807) is 0 Å². The molecule has 0 atom stereocenters. The van der Waals surface area contributed by atoms with Crippen molar-refractivity contribution < 1.29 is 48.2 Å². The van der Waals surface area contributed by atoms with E-state index in [1.807, 2.05) is 111 Å². The molecule has 2 saturated heterocycles. The van der Waals surface area contributed by atoms with Gasteiger partial charge in [-0.2, -0.15) is 0 Å². The van der Waals surface area contributed by atoms with Crippen LogP contribution < -0.4 is 19.7 Å². The molecule has 0 aliphatic carbocycles. The summed E-state index contributed by atoms with van der Waals surface area (Å²) in [4.78, 5) is 21.5. The Kier molecular flexibility index (Phi) is 16.7. The van der Waals surface area contributed by atoms with Crippen molar-refractivity contribution in [3.63, 3.8) is 0 Å². The number of hydrogen-bond donors (Lipinski definition) is 0. The minimum atomic E-state index is -1.25. The molecule has 2 fully saturated rings. The molecule has 0 spiro atoms. The van der Waals surface area contributed by atoms with Crippen LogP contribution >= 0.6 is 23.2 Å². The van der Waals surface area contributed by atoms with Crippen molar-refractivity contribution >= 4 is 72.9 Å². The first-order chi connectivity index (χ1) is 29.9. The smallest absolute Gasteiger partial charge is 0.548 e. The van der Waals surface area contributed by atoms with Gasteiger partial charge >= 0.3 is 37.7 Å². The van der Waals surface area contributed by atoms with Gasteiger partial charge in [-0.05, 0) is 118 Å². The maximum Gasteiger partial charge on any atom is 2.00 e. The van der Waals surface area contributed by atoms with E-state index < -0.39 is 36.4 Å². The Morgan fingerprint density at radius 3 is 1.25 bits per heavy atom. The maximum atomic E-state index is 10.7. The predicted molar refractivity (Wildman–Crippen MR) is 237 cm³/mol. The minimum absolute atomic E-state index is 0. The zero-order valence-electron chi connectivity index (χ0n) is 34.9. The summed E-state index contributed by atoms with van der Waals surface area (Å²) in [5.74, 6) is -1.07. The number of rotatable bonds is 16. The Morgan fingerprint density at radius 2 is 0.921 bits per heavy atom. The molecule has 2 heterocycles. The molecule has 8 rings (SSSR count). The van der Waals surface area contributed by atoms with Crippen molar-refractivity contribution in [3.05, 3.63) is 177 Å². The Labute approximate surface area is 406 Å². The zero-order valence-corrected chi connectivity index (χ0v) is 38.6. The molecule has 10 nitrogen and oxygen atoms in total. The summed E-state index contributed by atoms with van der Waals surface area (Å²) in [7, 11) is 0. The summed E-state index contributed by atoms with van der Waals surface area (Å²) >= 11 is 12.5. The first kappa shape index (κ1) is 48.0. The summed E-state index contributed by atoms with van der Waals surface area (Å²) in [6.45, 7) is 5.19. The summed E-state index contributed by atoms with van der Waals surface area (Å²) < 4.78 is 33.4. The largest absolute Gasteiger partial charge is 2.00 e. The van der Waals surface area contributed by atoms with E-state index in [0.717, 1.165) is 65.7 Å². The fraction of sp³-hybridized carbons (Fsp3) is 0.240. The van der Waals surface area contributed by atoms with Crippen LogP contribution in [0.2, 0.25) is 10.0 Å². The number of carboxylic acids is 2. The fourth-order valence-corrected chi connectivity index (χ4v) is 7.53. The van der Waals surface area contributed by atoms with E-state index in [9.17, 15) is 19.8 Å². The quantitative estimate of drug-likeness (QED) is 0.0905. The van der Waals surface area contributed by atoms with E-state index in [4.69, 9.17) is 51.6 Å². The number of benzene rings is 6. The Bertz CT molecular complexity index is 2330. The van der Waals surface area contributed by atoms with Gasteiger partial charge < -0.3 is 48.2 Å². The molecule has 0 aromatic heterocycles. The minimum Gasteiger partial charge on any atom is -0.548 e. The molecule has 63 heavy (non-hydrogen) atoms. The van der Waals surface area contributed by atoms with E-state index in [2.05, 4.69) is 36.4 Å². The van der Waals surface area contributed by atoms with Crippen LogP contribution in [0, 0.1) is 13.8 Å². The molecule has 2 aliphatic heterocycles. The van der Waals surface area contributed by atoms with Gasteiger partial charge in [-0.25, -0.2) is 0 Å². The van der Waals surface area contributed by atoms with Crippen molar-refractivity contribution in [1.29, 1.82) is 0 Å². The van der Waals surface area contributed by atoms with E-state index in [0.29, 0.717) is 51.1 Å². The molecule has 2 aliphatic rings. The van der Waals surface area contributed by atoms with Crippen LogP contribution in [0.25, 0.3) is 22.3 Å². The monoisotopic (exact) mass is 914 g/mol. The van der Waals surface area contributed by atoms with Crippen molar-refractivity contribution in [2.24, 2.45) is 0 Å². The second kappa shape index (κ2) is 22.0. The molecule has 0 bridgehead atoms. The van der Waals surface area contributed by atoms with Gasteiger partial charge in [0.1, 0.15) is 35.9 Å². The van der Waals surface area contributed by atoms with E-state index in [-0.39, 0.29) is 37.7 Å². The van der Waals surface area contributed by atoms with Gasteiger partial charge in [0.15, 0.2) is 0 Å². The van der Waals surface area contributed by atoms with Gasteiger partial charge in [-0.3, -0.25) is 0 Å². The zero-order chi connectivity index (χ0) is 43.7. The van der Waals surface area contributed by atoms with Gasteiger partial charge in [-0.1, -0.05) is 108 Å². The first-order valence-electron chi connectivity index (χ1n) is 19.9. The summed E-state index contributed by atoms with van der Waals surface area (Å²) in [5, 5.41) is 23.0. The predicted octanol–water partition coefficient (Wildman–Crippen LogP) is 7.39. The van der Waals surface area contributed by atoms with Crippen molar-refractivity contribution in [2.45, 2.75) is 38.3 Å². The molecule has 6 aromatic rings. The van der Waals surface area contributed by atoms with Crippen LogP contribution in [0.1, 0.15) is 33.4 Å². The third-order valence-corrected chi connectivity index (χ3v) is 11.7. The second-order valence-electron chi connectivity index (χ2n) is 15.1. The number of aliphatic carboxylic acids is 2. The average Bonchev–Trinajstić information content (AvgIpc) is 3.24. The second-order valence-corrected chi connectivity index (χ2v) is 16.0. The molecule has 0 N–H and O–H groups in total. The van der Waals surface area contributed by atoms with Gasteiger partial charge in [0, 0.05) is 10.0 Å². The molecule has 0 unspecified atom stereocenters. The van der Waals surface area contributed by atoms with Crippen LogP contribution in [-0.4, -0.2) is 89.3 Å². The number of halogens is 2.